The second-order valence-corrected chi connectivity index (χ2v) is 8.98. The summed E-state index contributed by atoms with van der Waals surface area (Å²) in [6.45, 7) is 5.67. The maximum absolute atomic E-state index is 15.5. The van der Waals surface area contributed by atoms with E-state index in [-0.39, 0.29) is 11.8 Å². The molecular weight excluding hydrogens is 503 g/mol. The number of ether oxygens (including phenoxy) is 1. The summed E-state index contributed by atoms with van der Waals surface area (Å²) < 4.78 is 22.8. The van der Waals surface area contributed by atoms with Gasteiger partial charge in [-0.15, -0.1) is 6.42 Å². The highest BCUT2D eigenvalue weighted by Gasteiger charge is 2.26. The summed E-state index contributed by atoms with van der Waals surface area (Å²) in [6.07, 6.45) is 8.21. The average Bonchev–Trinajstić information content (AvgIpc) is 3.17. The fourth-order valence-electron chi connectivity index (χ4n) is 4.65. The van der Waals surface area contributed by atoms with Crippen LogP contribution in [-0.2, 0) is 13.0 Å². The number of aromatic nitrogens is 6. The molecule has 4 aromatic heterocycles. The maximum Gasteiger partial charge on any atom is 0.322 e. The summed E-state index contributed by atoms with van der Waals surface area (Å²) in [5, 5.41) is 28.8. The number of nitrogens with zero attached hydrogens (tertiary/aromatic N) is 6. The molecule has 1 aromatic carbocycles. The highest BCUT2D eigenvalue weighted by molar-refractivity contribution is 6.05. The van der Waals surface area contributed by atoms with E-state index in [1.54, 1.807) is 6.07 Å². The van der Waals surface area contributed by atoms with Crippen molar-refractivity contribution < 1.29 is 24.4 Å². The minimum atomic E-state index is -3.20. The normalized spacial score (nSPS) is 11.6. The van der Waals surface area contributed by atoms with Gasteiger partial charge >= 0.3 is 12.0 Å². The molecule has 0 aliphatic rings. The summed E-state index contributed by atoms with van der Waals surface area (Å²) in [6, 6.07) is 6.91. The zero-order valence-electron chi connectivity index (χ0n) is 21.4. The summed E-state index contributed by atoms with van der Waals surface area (Å²) in [7, 11) is 1.88. The van der Waals surface area contributed by atoms with Gasteiger partial charge in [-0.3, -0.25) is 0 Å². The van der Waals surface area contributed by atoms with E-state index in [0.717, 1.165) is 34.5 Å². The first kappa shape index (κ1) is 25.9. The fourth-order valence-corrected chi connectivity index (χ4v) is 4.65. The van der Waals surface area contributed by atoms with Crippen molar-refractivity contribution in [3.8, 4) is 46.5 Å². The molecule has 0 bridgehead atoms. The molecular formula is C28H23FN6O4. The van der Waals surface area contributed by atoms with Gasteiger partial charge in [0.15, 0.2) is 11.6 Å². The second-order valence-electron chi connectivity index (χ2n) is 8.98. The van der Waals surface area contributed by atoms with Crippen LogP contribution < -0.4 is 4.74 Å². The van der Waals surface area contributed by atoms with E-state index in [4.69, 9.17) is 11.2 Å². The van der Waals surface area contributed by atoms with Gasteiger partial charge in [0.2, 0.25) is 0 Å². The van der Waals surface area contributed by atoms with Gasteiger partial charge in [-0.1, -0.05) is 12.0 Å². The van der Waals surface area contributed by atoms with Crippen LogP contribution in [0.2, 0.25) is 0 Å². The number of benzene rings is 1. The van der Waals surface area contributed by atoms with Crippen molar-refractivity contribution in [2.24, 2.45) is 7.05 Å². The number of aryl methyl sites for hydroxylation is 4. The first-order chi connectivity index (χ1) is 18.5. The average molecular weight is 527 g/mol. The molecule has 0 saturated carbocycles. The number of aliphatic hydroxyl groups is 3. The van der Waals surface area contributed by atoms with Gasteiger partial charge in [0, 0.05) is 35.5 Å². The van der Waals surface area contributed by atoms with Gasteiger partial charge in [-0.25, -0.2) is 24.3 Å². The lowest BCUT2D eigenvalue weighted by atomic mass is 9.94. The number of pyridine rings is 1. The lowest BCUT2D eigenvalue weighted by molar-refractivity contribution is -0.326. The van der Waals surface area contributed by atoms with Crippen molar-refractivity contribution in [3.63, 3.8) is 0 Å². The lowest BCUT2D eigenvalue weighted by Gasteiger charge is -2.15. The Balaban J connectivity index is 1.68. The number of rotatable bonds is 5. The van der Waals surface area contributed by atoms with E-state index in [1.807, 2.05) is 38.5 Å². The third-order valence-electron chi connectivity index (χ3n) is 6.34. The molecule has 0 saturated heterocycles. The van der Waals surface area contributed by atoms with Crippen molar-refractivity contribution in [3.05, 3.63) is 77.0 Å². The molecule has 0 atom stereocenters. The Kier molecular flexibility index (Phi) is 6.32. The van der Waals surface area contributed by atoms with E-state index in [1.165, 1.54) is 18.5 Å². The van der Waals surface area contributed by atoms with Crippen molar-refractivity contribution in [1.29, 1.82) is 0 Å². The van der Waals surface area contributed by atoms with Crippen LogP contribution in [0, 0.1) is 38.9 Å². The zero-order chi connectivity index (χ0) is 28.1. The summed E-state index contributed by atoms with van der Waals surface area (Å²) in [5.74, 6) is -1.56. The molecule has 0 radical (unpaired) electrons. The molecule has 11 heteroatoms. The molecule has 5 aromatic rings. The summed E-state index contributed by atoms with van der Waals surface area (Å²) in [5.41, 5.74) is 5.84. The van der Waals surface area contributed by atoms with Crippen molar-refractivity contribution in [1.82, 2.24) is 29.5 Å². The Labute approximate surface area is 222 Å². The van der Waals surface area contributed by atoms with Crippen LogP contribution in [0.1, 0.15) is 28.3 Å². The monoisotopic (exact) mass is 526 g/mol. The van der Waals surface area contributed by atoms with Gasteiger partial charge in [0.05, 0.1) is 11.4 Å². The van der Waals surface area contributed by atoms with Gasteiger partial charge in [-0.2, -0.15) is 4.98 Å². The fraction of sp³-hybridized carbons (Fsp3) is 0.179. The smallest absolute Gasteiger partial charge is 0.322 e. The molecule has 10 nitrogen and oxygen atoms in total. The Bertz CT molecular complexity index is 1780. The van der Waals surface area contributed by atoms with Crippen molar-refractivity contribution >= 4 is 11.0 Å². The van der Waals surface area contributed by atoms with Crippen LogP contribution in [0.3, 0.4) is 0 Å². The molecule has 0 amide bonds. The second kappa shape index (κ2) is 9.52. The molecule has 196 valence electrons. The molecule has 4 heterocycles. The van der Waals surface area contributed by atoms with Gasteiger partial charge in [-0.05, 0) is 56.2 Å². The minimum absolute atomic E-state index is 0.211. The van der Waals surface area contributed by atoms with E-state index in [0.29, 0.717) is 33.9 Å². The van der Waals surface area contributed by atoms with Crippen molar-refractivity contribution in [2.75, 3.05) is 0 Å². The number of hydrogen-bond acceptors (Lipinski definition) is 9. The highest BCUT2D eigenvalue weighted by atomic mass is 19.1. The standard InChI is InChI=1S/C28H23FN6O4/c1-6-18-11-14(2)22(16(4)33-18)25-24(23-15(3)31-13-32-26(23)35(25)5)17-7-8-20(19(29)12-17)39-27-30-10-9-21(34-27)28(36,37)38/h1,7-13,36-38H,2-5H3. The summed E-state index contributed by atoms with van der Waals surface area (Å²) in [4.78, 5) is 21.0. The molecule has 0 aliphatic heterocycles. The van der Waals surface area contributed by atoms with E-state index in [9.17, 15) is 15.3 Å². The van der Waals surface area contributed by atoms with Gasteiger partial charge < -0.3 is 24.6 Å². The van der Waals surface area contributed by atoms with Crippen LogP contribution in [0.5, 0.6) is 11.8 Å². The number of halogens is 1. The predicted molar refractivity (Wildman–Crippen MR) is 140 cm³/mol. The number of fused-ring (bicyclic) bond motifs is 1. The molecule has 3 N–H and O–H groups in total. The van der Waals surface area contributed by atoms with Crippen LogP contribution in [0.15, 0.2) is 42.9 Å². The molecule has 39 heavy (non-hydrogen) atoms. The van der Waals surface area contributed by atoms with E-state index < -0.39 is 17.5 Å². The predicted octanol–water partition coefficient (Wildman–Crippen LogP) is 3.41. The summed E-state index contributed by atoms with van der Waals surface area (Å²) >= 11 is 0. The SMILES string of the molecule is C#Cc1cc(C)c(-c2c(-c3ccc(Oc4nccc(C(O)(O)O)n4)c(F)c3)c3c(C)ncnc3n2C)c(C)n1. The Hall–Kier alpha value is -4.76. The topological polar surface area (TPSA) is 139 Å². The molecule has 0 unspecified atom stereocenters. The van der Waals surface area contributed by atoms with Gasteiger partial charge in [0.25, 0.3) is 0 Å². The quantitative estimate of drug-likeness (QED) is 0.232. The van der Waals surface area contributed by atoms with Crippen LogP contribution in [0.25, 0.3) is 33.4 Å². The minimum Gasteiger partial charge on any atom is -0.421 e. The molecule has 0 spiro atoms. The molecule has 5 rings (SSSR count). The Morgan fingerprint density at radius 1 is 0.974 bits per heavy atom. The molecule has 0 fully saturated rings. The van der Waals surface area contributed by atoms with Gasteiger partial charge in [0.1, 0.15) is 23.4 Å². The Morgan fingerprint density at radius 3 is 2.41 bits per heavy atom. The third kappa shape index (κ3) is 4.57. The van der Waals surface area contributed by atoms with Crippen molar-refractivity contribution in [2.45, 2.75) is 26.7 Å². The van der Waals surface area contributed by atoms with Crippen LogP contribution >= 0.6 is 0 Å². The van der Waals surface area contributed by atoms with Crippen LogP contribution in [-0.4, -0.2) is 44.8 Å². The number of terminal acetylenes is 1. The third-order valence-corrected chi connectivity index (χ3v) is 6.34. The zero-order valence-corrected chi connectivity index (χ0v) is 21.4. The first-order valence-corrected chi connectivity index (χ1v) is 11.7. The first-order valence-electron chi connectivity index (χ1n) is 11.7. The van der Waals surface area contributed by atoms with Crippen LogP contribution in [0.4, 0.5) is 4.39 Å². The highest BCUT2D eigenvalue weighted by Crippen LogP contribution is 2.43. The largest absolute Gasteiger partial charge is 0.421 e. The molecule has 0 aliphatic carbocycles. The van der Waals surface area contributed by atoms with E-state index in [2.05, 4.69) is 30.8 Å². The lowest BCUT2D eigenvalue weighted by Crippen LogP contribution is -2.25. The Morgan fingerprint density at radius 2 is 1.74 bits per heavy atom. The van der Waals surface area contributed by atoms with E-state index >= 15 is 4.39 Å². The number of hydrogen-bond donors (Lipinski definition) is 3. The maximum atomic E-state index is 15.5.